The summed E-state index contributed by atoms with van der Waals surface area (Å²) < 4.78 is 11.4. The van der Waals surface area contributed by atoms with Crippen LogP contribution in [-0.2, 0) is 4.79 Å². The summed E-state index contributed by atoms with van der Waals surface area (Å²) in [6.07, 6.45) is -0.701. The molecule has 0 aromatic heterocycles. The smallest absolute Gasteiger partial charge is 0.265 e. The number of hydrogen-bond acceptors (Lipinski definition) is 3. The lowest BCUT2D eigenvalue weighted by Gasteiger charge is -2.16. The Kier molecular flexibility index (Phi) is 6.16. The Morgan fingerprint density at radius 3 is 2.48 bits per heavy atom. The minimum absolute atomic E-state index is 0.298. The highest BCUT2D eigenvalue weighted by atomic mass is 79.9. The minimum Gasteiger partial charge on any atom is -0.495 e. The molecule has 2 aromatic rings. The SMILES string of the molecule is COc1ccc(NC(=O)C(C)Oc2ccc(Cl)cc2Br)cc1Cl. The Balaban J connectivity index is 2.03. The second-order valence-electron chi connectivity index (χ2n) is 4.67. The molecule has 0 aliphatic heterocycles. The van der Waals surface area contributed by atoms with Gasteiger partial charge in [0.05, 0.1) is 16.6 Å². The predicted octanol–water partition coefficient (Wildman–Crippen LogP) is 5.17. The molecule has 0 spiro atoms. The van der Waals surface area contributed by atoms with Crippen molar-refractivity contribution in [3.63, 3.8) is 0 Å². The molecule has 23 heavy (non-hydrogen) atoms. The fraction of sp³-hybridized carbons (Fsp3) is 0.188. The highest BCUT2D eigenvalue weighted by Crippen LogP contribution is 2.29. The lowest BCUT2D eigenvalue weighted by molar-refractivity contribution is -0.122. The Bertz CT molecular complexity index is 724. The van der Waals surface area contributed by atoms with Gasteiger partial charge in [-0.1, -0.05) is 23.2 Å². The first-order chi connectivity index (χ1) is 10.9. The van der Waals surface area contributed by atoms with Crippen molar-refractivity contribution in [3.05, 3.63) is 50.9 Å². The molecule has 2 aromatic carbocycles. The summed E-state index contributed by atoms with van der Waals surface area (Å²) in [6, 6.07) is 10.1. The van der Waals surface area contributed by atoms with Gasteiger partial charge in [-0.2, -0.15) is 0 Å². The molecule has 1 atom stereocenters. The van der Waals surface area contributed by atoms with Crippen molar-refractivity contribution in [3.8, 4) is 11.5 Å². The summed E-state index contributed by atoms with van der Waals surface area (Å²) in [7, 11) is 1.53. The van der Waals surface area contributed by atoms with Crippen molar-refractivity contribution in [2.75, 3.05) is 12.4 Å². The van der Waals surface area contributed by atoms with E-state index in [2.05, 4.69) is 21.2 Å². The van der Waals surface area contributed by atoms with E-state index in [0.29, 0.717) is 31.7 Å². The van der Waals surface area contributed by atoms with E-state index in [0.717, 1.165) is 0 Å². The van der Waals surface area contributed by atoms with Crippen molar-refractivity contribution < 1.29 is 14.3 Å². The van der Waals surface area contributed by atoms with Crippen LogP contribution in [0.4, 0.5) is 5.69 Å². The van der Waals surface area contributed by atoms with E-state index in [4.69, 9.17) is 32.7 Å². The summed E-state index contributed by atoms with van der Waals surface area (Å²) >= 11 is 15.3. The lowest BCUT2D eigenvalue weighted by Crippen LogP contribution is -2.30. The Hall–Kier alpha value is -1.43. The van der Waals surface area contributed by atoms with Crippen molar-refractivity contribution in [2.45, 2.75) is 13.0 Å². The second kappa shape index (κ2) is 7.90. The zero-order valence-corrected chi connectivity index (χ0v) is 15.5. The van der Waals surface area contributed by atoms with Crippen LogP contribution in [0.1, 0.15) is 6.92 Å². The first-order valence-corrected chi connectivity index (χ1v) is 8.21. The van der Waals surface area contributed by atoms with Crippen LogP contribution in [-0.4, -0.2) is 19.1 Å². The van der Waals surface area contributed by atoms with E-state index in [-0.39, 0.29) is 5.91 Å². The molecule has 0 aliphatic rings. The molecule has 4 nitrogen and oxygen atoms in total. The number of methoxy groups -OCH3 is 1. The van der Waals surface area contributed by atoms with Crippen LogP contribution >= 0.6 is 39.1 Å². The number of halogens is 3. The molecule has 7 heteroatoms. The lowest BCUT2D eigenvalue weighted by atomic mass is 10.2. The van der Waals surface area contributed by atoms with Gasteiger partial charge in [0.15, 0.2) is 6.10 Å². The van der Waals surface area contributed by atoms with Crippen LogP contribution < -0.4 is 14.8 Å². The zero-order valence-electron chi connectivity index (χ0n) is 12.4. The number of hydrogen-bond donors (Lipinski definition) is 1. The molecule has 0 aliphatic carbocycles. The van der Waals surface area contributed by atoms with Crippen LogP contribution in [0.3, 0.4) is 0 Å². The third kappa shape index (κ3) is 4.77. The van der Waals surface area contributed by atoms with Crippen LogP contribution in [0.15, 0.2) is 40.9 Å². The fourth-order valence-electron chi connectivity index (χ4n) is 1.80. The summed E-state index contributed by atoms with van der Waals surface area (Å²) in [6.45, 7) is 1.65. The van der Waals surface area contributed by atoms with Crippen molar-refractivity contribution in [1.29, 1.82) is 0 Å². The molecule has 0 fully saturated rings. The quantitative estimate of drug-likeness (QED) is 0.728. The van der Waals surface area contributed by atoms with Crippen molar-refractivity contribution >= 4 is 50.7 Å². The molecule has 0 saturated carbocycles. The summed E-state index contributed by atoms with van der Waals surface area (Å²) in [5, 5.41) is 3.73. The Morgan fingerprint density at radius 1 is 1.17 bits per heavy atom. The molecule has 0 bridgehead atoms. The Morgan fingerprint density at radius 2 is 1.87 bits per heavy atom. The van der Waals surface area contributed by atoms with Gasteiger partial charge in [0.25, 0.3) is 5.91 Å². The summed E-state index contributed by atoms with van der Waals surface area (Å²) in [5.41, 5.74) is 0.562. The molecule has 0 saturated heterocycles. The van der Waals surface area contributed by atoms with E-state index in [1.807, 2.05) is 0 Å². The third-order valence-corrected chi connectivity index (χ3v) is 4.14. The van der Waals surface area contributed by atoms with Crippen LogP contribution in [0.25, 0.3) is 0 Å². The zero-order chi connectivity index (χ0) is 17.0. The number of benzene rings is 2. The van der Waals surface area contributed by atoms with Gasteiger partial charge in [0, 0.05) is 10.7 Å². The monoisotopic (exact) mass is 417 g/mol. The average Bonchev–Trinajstić information content (AvgIpc) is 2.50. The van der Waals surface area contributed by atoms with E-state index in [1.54, 1.807) is 43.3 Å². The van der Waals surface area contributed by atoms with Gasteiger partial charge in [-0.3, -0.25) is 4.79 Å². The highest BCUT2D eigenvalue weighted by Gasteiger charge is 2.17. The number of ether oxygens (including phenoxy) is 2. The number of amides is 1. The molecule has 0 heterocycles. The largest absolute Gasteiger partial charge is 0.495 e. The number of nitrogens with one attached hydrogen (secondary N) is 1. The number of rotatable bonds is 5. The van der Waals surface area contributed by atoms with Gasteiger partial charge in [-0.05, 0) is 59.3 Å². The minimum atomic E-state index is -0.701. The molecular formula is C16H14BrCl2NO3. The van der Waals surface area contributed by atoms with Crippen molar-refractivity contribution in [2.24, 2.45) is 0 Å². The molecule has 1 amide bonds. The maximum atomic E-state index is 12.2. The highest BCUT2D eigenvalue weighted by molar-refractivity contribution is 9.10. The van der Waals surface area contributed by atoms with Gasteiger partial charge < -0.3 is 14.8 Å². The van der Waals surface area contributed by atoms with Crippen LogP contribution in [0.2, 0.25) is 10.0 Å². The third-order valence-electron chi connectivity index (χ3n) is 2.99. The maximum absolute atomic E-state index is 12.2. The van der Waals surface area contributed by atoms with Gasteiger partial charge >= 0.3 is 0 Å². The number of anilines is 1. The molecule has 1 unspecified atom stereocenters. The number of carbonyl (C=O) groups is 1. The summed E-state index contributed by atoms with van der Waals surface area (Å²) in [5.74, 6) is 0.775. The Labute approximate surface area is 152 Å². The predicted molar refractivity (Wildman–Crippen MR) is 95.9 cm³/mol. The fourth-order valence-corrected chi connectivity index (χ4v) is 2.84. The van der Waals surface area contributed by atoms with Crippen LogP contribution in [0, 0.1) is 0 Å². The van der Waals surface area contributed by atoms with Gasteiger partial charge in [0.2, 0.25) is 0 Å². The first-order valence-electron chi connectivity index (χ1n) is 6.67. The number of carbonyl (C=O) groups excluding carboxylic acids is 1. The average molecular weight is 419 g/mol. The standard InChI is InChI=1S/C16H14BrCl2NO3/c1-9(23-14-5-3-10(18)7-12(14)17)16(21)20-11-4-6-15(22-2)13(19)8-11/h3-9H,1-2H3,(H,20,21). The van der Waals surface area contributed by atoms with Crippen LogP contribution in [0.5, 0.6) is 11.5 Å². The summed E-state index contributed by atoms with van der Waals surface area (Å²) in [4.78, 5) is 12.2. The van der Waals surface area contributed by atoms with E-state index in [1.165, 1.54) is 7.11 Å². The van der Waals surface area contributed by atoms with Gasteiger partial charge in [-0.15, -0.1) is 0 Å². The normalized spacial score (nSPS) is 11.7. The van der Waals surface area contributed by atoms with Gasteiger partial charge in [0.1, 0.15) is 11.5 Å². The molecule has 2 rings (SSSR count). The maximum Gasteiger partial charge on any atom is 0.265 e. The molecule has 0 radical (unpaired) electrons. The molecular weight excluding hydrogens is 405 g/mol. The van der Waals surface area contributed by atoms with E-state index >= 15 is 0 Å². The second-order valence-corrected chi connectivity index (χ2v) is 6.37. The first kappa shape index (κ1) is 17.9. The topological polar surface area (TPSA) is 47.6 Å². The molecule has 1 N–H and O–H groups in total. The molecule has 122 valence electrons. The van der Waals surface area contributed by atoms with Gasteiger partial charge in [-0.25, -0.2) is 0 Å². The van der Waals surface area contributed by atoms with Crippen molar-refractivity contribution in [1.82, 2.24) is 0 Å². The van der Waals surface area contributed by atoms with E-state index < -0.39 is 6.10 Å². The van der Waals surface area contributed by atoms with E-state index in [9.17, 15) is 4.79 Å².